The van der Waals surface area contributed by atoms with E-state index in [1.165, 1.54) is 23.3 Å². The van der Waals surface area contributed by atoms with Gasteiger partial charge < -0.3 is 14.2 Å². The predicted molar refractivity (Wildman–Crippen MR) is 91.8 cm³/mol. The summed E-state index contributed by atoms with van der Waals surface area (Å²) in [5, 5.41) is 1.82. The van der Waals surface area contributed by atoms with Crippen molar-refractivity contribution in [3.8, 4) is 0 Å². The molecular formula is C17H20N2O4S. The molecule has 0 aliphatic rings. The maximum Gasteiger partial charge on any atom is 0.354 e. The third-order valence-corrected chi connectivity index (χ3v) is 4.91. The Hall–Kier alpha value is -2.41. The molecular weight excluding hydrogens is 328 g/mol. The fraction of sp³-hybridized carbons (Fsp3) is 0.353. The van der Waals surface area contributed by atoms with E-state index in [0.29, 0.717) is 27.4 Å². The van der Waals surface area contributed by atoms with Gasteiger partial charge in [-0.05, 0) is 30.9 Å². The number of carbonyl (C=O) groups excluding carboxylic acids is 3. The highest BCUT2D eigenvalue weighted by atomic mass is 32.1. The zero-order valence-corrected chi connectivity index (χ0v) is 15.2. The van der Waals surface area contributed by atoms with Crippen molar-refractivity contribution in [2.45, 2.75) is 13.8 Å². The molecule has 0 fully saturated rings. The molecule has 0 atom stereocenters. The second kappa shape index (κ2) is 7.00. The Labute approximate surface area is 144 Å². The van der Waals surface area contributed by atoms with Gasteiger partial charge in [-0.3, -0.25) is 9.59 Å². The first kappa shape index (κ1) is 17.9. The number of hydrogen-bond acceptors (Lipinski definition) is 5. The molecule has 0 saturated heterocycles. The molecule has 2 aromatic heterocycles. The number of amides is 1. The number of aromatic nitrogens is 1. The smallest absolute Gasteiger partial charge is 0.354 e. The Morgan fingerprint density at radius 3 is 2.50 bits per heavy atom. The SMILES string of the molecule is COC(=O)c1c(C)c(C(=O)CN(C)C(=O)c2cccs2)c(C)n1C. The van der Waals surface area contributed by atoms with E-state index in [4.69, 9.17) is 4.74 Å². The summed E-state index contributed by atoms with van der Waals surface area (Å²) >= 11 is 1.33. The average molecular weight is 348 g/mol. The first-order chi connectivity index (χ1) is 11.3. The van der Waals surface area contributed by atoms with Crippen LogP contribution in [-0.2, 0) is 11.8 Å². The predicted octanol–water partition coefficient (Wildman–Crippen LogP) is 2.44. The number of nitrogens with zero attached hydrogens (tertiary/aromatic N) is 2. The van der Waals surface area contributed by atoms with E-state index in [-0.39, 0.29) is 18.2 Å². The van der Waals surface area contributed by atoms with E-state index in [0.717, 1.165) is 0 Å². The molecule has 1 amide bonds. The molecule has 6 nitrogen and oxygen atoms in total. The lowest BCUT2D eigenvalue weighted by Crippen LogP contribution is -2.32. The number of rotatable bonds is 5. The van der Waals surface area contributed by atoms with E-state index in [9.17, 15) is 14.4 Å². The number of esters is 1. The number of likely N-dealkylation sites (N-methyl/N-ethyl adjacent to an activating group) is 1. The second-order valence-corrected chi connectivity index (χ2v) is 6.49. The Kier molecular flexibility index (Phi) is 5.23. The van der Waals surface area contributed by atoms with Crippen molar-refractivity contribution >= 4 is 29.0 Å². The van der Waals surface area contributed by atoms with Gasteiger partial charge in [0.25, 0.3) is 5.91 Å². The van der Waals surface area contributed by atoms with Crippen molar-refractivity contribution in [2.75, 3.05) is 20.7 Å². The minimum Gasteiger partial charge on any atom is -0.464 e. The van der Waals surface area contributed by atoms with Crippen molar-refractivity contribution in [1.29, 1.82) is 0 Å². The summed E-state index contributed by atoms with van der Waals surface area (Å²) in [6.45, 7) is 3.43. The topological polar surface area (TPSA) is 68.6 Å². The molecule has 7 heteroatoms. The second-order valence-electron chi connectivity index (χ2n) is 5.55. The third kappa shape index (κ3) is 3.12. The molecule has 0 N–H and O–H groups in total. The van der Waals surface area contributed by atoms with E-state index in [1.807, 2.05) is 5.38 Å². The van der Waals surface area contributed by atoms with Gasteiger partial charge in [-0.25, -0.2) is 4.79 Å². The number of thiophene rings is 1. The highest BCUT2D eigenvalue weighted by Crippen LogP contribution is 2.23. The monoisotopic (exact) mass is 348 g/mol. The summed E-state index contributed by atoms with van der Waals surface area (Å²) in [4.78, 5) is 38.8. The van der Waals surface area contributed by atoms with E-state index >= 15 is 0 Å². The summed E-state index contributed by atoms with van der Waals surface area (Å²) in [6.07, 6.45) is 0. The molecule has 2 aromatic rings. The van der Waals surface area contributed by atoms with Crippen LogP contribution in [0.25, 0.3) is 0 Å². The first-order valence-electron chi connectivity index (χ1n) is 7.35. The van der Waals surface area contributed by atoms with Crippen molar-refractivity contribution in [3.05, 3.63) is 44.9 Å². The van der Waals surface area contributed by atoms with Gasteiger partial charge in [0.2, 0.25) is 0 Å². The zero-order valence-electron chi connectivity index (χ0n) is 14.4. The van der Waals surface area contributed by atoms with Crippen LogP contribution in [0.5, 0.6) is 0 Å². The molecule has 0 unspecified atom stereocenters. The lowest BCUT2D eigenvalue weighted by molar-refractivity contribution is 0.0588. The van der Waals surface area contributed by atoms with Crippen LogP contribution in [0.3, 0.4) is 0 Å². The van der Waals surface area contributed by atoms with Gasteiger partial charge in [0, 0.05) is 25.4 Å². The van der Waals surface area contributed by atoms with Gasteiger partial charge in [-0.1, -0.05) is 6.07 Å². The molecule has 0 aliphatic carbocycles. The van der Waals surface area contributed by atoms with Crippen molar-refractivity contribution in [1.82, 2.24) is 9.47 Å². The van der Waals surface area contributed by atoms with Crippen molar-refractivity contribution in [2.24, 2.45) is 7.05 Å². The number of Topliss-reactive ketones (excluding diaryl/α,β-unsaturated/α-hetero) is 1. The van der Waals surface area contributed by atoms with Gasteiger partial charge in [-0.15, -0.1) is 11.3 Å². The molecule has 2 rings (SSSR count). The van der Waals surface area contributed by atoms with Crippen molar-refractivity contribution in [3.63, 3.8) is 0 Å². The van der Waals surface area contributed by atoms with Crippen LogP contribution in [0.4, 0.5) is 0 Å². The fourth-order valence-corrected chi connectivity index (χ4v) is 3.45. The van der Waals surface area contributed by atoms with Gasteiger partial charge in [-0.2, -0.15) is 0 Å². The minimum atomic E-state index is -0.486. The fourth-order valence-electron chi connectivity index (χ4n) is 2.73. The summed E-state index contributed by atoms with van der Waals surface area (Å²) in [5.74, 6) is -0.888. The Morgan fingerprint density at radius 1 is 1.29 bits per heavy atom. The lowest BCUT2D eigenvalue weighted by Gasteiger charge is -2.15. The standard InChI is InChI=1S/C17H20N2O4S/c1-10-14(11(2)19(4)15(10)17(22)23-5)12(20)9-18(3)16(21)13-7-6-8-24-13/h6-8H,9H2,1-5H3. The van der Waals surface area contributed by atoms with E-state index < -0.39 is 5.97 Å². The number of hydrogen-bond donors (Lipinski definition) is 0. The van der Waals surface area contributed by atoms with E-state index in [1.54, 1.807) is 44.6 Å². The lowest BCUT2D eigenvalue weighted by atomic mass is 10.1. The van der Waals surface area contributed by atoms with Gasteiger partial charge in [0.05, 0.1) is 18.5 Å². The largest absolute Gasteiger partial charge is 0.464 e. The van der Waals surface area contributed by atoms with Crippen LogP contribution in [0.1, 0.15) is 41.8 Å². The summed E-state index contributed by atoms with van der Waals surface area (Å²) in [5.41, 5.74) is 2.06. The third-order valence-electron chi connectivity index (χ3n) is 4.05. The molecule has 0 aliphatic heterocycles. The zero-order chi connectivity index (χ0) is 18.0. The van der Waals surface area contributed by atoms with Crippen LogP contribution in [-0.4, -0.2) is 47.8 Å². The Morgan fingerprint density at radius 2 is 1.96 bits per heavy atom. The maximum atomic E-state index is 12.7. The molecule has 0 radical (unpaired) electrons. The molecule has 0 spiro atoms. The summed E-state index contributed by atoms with van der Waals surface area (Å²) in [6, 6.07) is 3.52. The highest BCUT2D eigenvalue weighted by Gasteiger charge is 2.26. The molecule has 2 heterocycles. The van der Waals surface area contributed by atoms with Crippen LogP contribution in [0, 0.1) is 13.8 Å². The molecule has 24 heavy (non-hydrogen) atoms. The van der Waals surface area contributed by atoms with Gasteiger partial charge >= 0.3 is 5.97 Å². The van der Waals surface area contributed by atoms with Crippen LogP contribution < -0.4 is 0 Å². The number of ether oxygens (including phenoxy) is 1. The average Bonchev–Trinajstić information content (AvgIpc) is 3.14. The first-order valence-corrected chi connectivity index (χ1v) is 8.23. The quantitative estimate of drug-likeness (QED) is 0.615. The number of ketones is 1. The molecule has 128 valence electrons. The summed E-state index contributed by atoms with van der Waals surface area (Å²) < 4.78 is 6.43. The van der Waals surface area contributed by atoms with Gasteiger partial charge in [0.15, 0.2) is 5.78 Å². The molecule has 0 bridgehead atoms. The maximum absolute atomic E-state index is 12.7. The van der Waals surface area contributed by atoms with Crippen molar-refractivity contribution < 1.29 is 19.1 Å². The van der Waals surface area contributed by atoms with Crippen LogP contribution >= 0.6 is 11.3 Å². The van der Waals surface area contributed by atoms with Gasteiger partial charge in [0.1, 0.15) is 5.69 Å². The van der Waals surface area contributed by atoms with Crippen LogP contribution in [0.2, 0.25) is 0 Å². The summed E-state index contributed by atoms with van der Waals surface area (Å²) in [7, 11) is 4.61. The highest BCUT2D eigenvalue weighted by molar-refractivity contribution is 7.12. The number of carbonyl (C=O) groups is 3. The molecule has 0 aromatic carbocycles. The Bertz CT molecular complexity index is 790. The van der Waals surface area contributed by atoms with E-state index in [2.05, 4.69) is 0 Å². The normalized spacial score (nSPS) is 10.5. The van der Waals surface area contributed by atoms with Crippen LogP contribution in [0.15, 0.2) is 17.5 Å². The number of methoxy groups -OCH3 is 1. The minimum absolute atomic E-state index is 0.0525. The molecule has 0 saturated carbocycles. The Balaban J connectivity index is 2.27.